The molecule has 29 heavy (non-hydrogen) atoms. The van der Waals surface area contributed by atoms with Crippen LogP contribution in [0.15, 0.2) is 82.8 Å². The SMILES string of the molecule is O=C(Nc1ccccc1F)C(=Cc1ccccc1Br)C(=O)Nc1ccccc1F. The van der Waals surface area contributed by atoms with E-state index in [2.05, 4.69) is 26.6 Å². The maximum Gasteiger partial charge on any atom is 0.261 e. The zero-order valence-corrected chi connectivity index (χ0v) is 16.5. The quantitative estimate of drug-likeness (QED) is 0.307. The summed E-state index contributed by atoms with van der Waals surface area (Å²) in [5, 5.41) is 4.76. The molecule has 0 radical (unpaired) electrons. The molecule has 7 heteroatoms. The maximum absolute atomic E-state index is 13.9. The van der Waals surface area contributed by atoms with Gasteiger partial charge in [0.25, 0.3) is 11.8 Å². The van der Waals surface area contributed by atoms with Gasteiger partial charge in [-0.3, -0.25) is 9.59 Å². The maximum atomic E-state index is 13.9. The monoisotopic (exact) mass is 456 g/mol. The Morgan fingerprint density at radius 1 is 0.724 bits per heavy atom. The van der Waals surface area contributed by atoms with Gasteiger partial charge in [-0.05, 0) is 42.0 Å². The number of rotatable bonds is 5. The Morgan fingerprint density at radius 3 is 1.66 bits per heavy atom. The van der Waals surface area contributed by atoms with Crippen LogP contribution in [0.25, 0.3) is 6.08 Å². The van der Waals surface area contributed by atoms with E-state index >= 15 is 0 Å². The van der Waals surface area contributed by atoms with Crippen molar-refractivity contribution in [1.82, 2.24) is 0 Å². The van der Waals surface area contributed by atoms with Crippen LogP contribution >= 0.6 is 15.9 Å². The fourth-order valence-electron chi connectivity index (χ4n) is 2.49. The van der Waals surface area contributed by atoms with E-state index in [4.69, 9.17) is 0 Å². The molecule has 146 valence electrons. The second-order valence-corrected chi connectivity index (χ2v) is 6.80. The van der Waals surface area contributed by atoms with Gasteiger partial charge in [0, 0.05) is 4.47 Å². The van der Waals surface area contributed by atoms with E-state index < -0.39 is 23.4 Å². The number of benzene rings is 3. The number of hydrogen-bond donors (Lipinski definition) is 2. The highest BCUT2D eigenvalue weighted by molar-refractivity contribution is 9.10. The molecule has 0 fully saturated rings. The summed E-state index contributed by atoms with van der Waals surface area (Å²) in [7, 11) is 0. The summed E-state index contributed by atoms with van der Waals surface area (Å²) < 4.78 is 28.5. The number of amides is 2. The van der Waals surface area contributed by atoms with E-state index in [0.717, 1.165) is 0 Å². The van der Waals surface area contributed by atoms with Gasteiger partial charge in [0.15, 0.2) is 0 Å². The second-order valence-electron chi connectivity index (χ2n) is 5.95. The van der Waals surface area contributed by atoms with E-state index in [1.165, 1.54) is 42.5 Å². The van der Waals surface area contributed by atoms with Crippen LogP contribution in [0.4, 0.5) is 20.2 Å². The van der Waals surface area contributed by atoms with Crippen molar-refractivity contribution in [3.05, 3.63) is 100 Å². The van der Waals surface area contributed by atoms with Crippen LogP contribution in [0.3, 0.4) is 0 Å². The van der Waals surface area contributed by atoms with Crippen LogP contribution in [0.1, 0.15) is 5.56 Å². The molecule has 2 amide bonds. The number of carbonyl (C=O) groups excluding carboxylic acids is 2. The molecule has 0 heterocycles. The standard InChI is InChI=1S/C22H15BrF2N2O2/c23-16-8-2-1-7-14(16)13-15(21(28)26-19-11-5-3-9-17(19)24)22(29)27-20-12-6-4-10-18(20)25/h1-13H,(H,26,28)(H,27,29). The second kappa shape index (κ2) is 9.25. The fraction of sp³-hybridized carbons (Fsp3) is 0. The van der Waals surface area contributed by atoms with Crippen LogP contribution in [0, 0.1) is 11.6 Å². The van der Waals surface area contributed by atoms with Gasteiger partial charge in [-0.2, -0.15) is 0 Å². The number of para-hydroxylation sites is 2. The van der Waals surface area contributed by atoms with Crippen molar-refractivity contribution in [2.24, 2.45) is 0 Å². The number of nitrogens with one attached hydrogen (secondary N) is 2. The molecule has 0 aliphatic rings. The smallest absolute Gasteiger partial charge is 0.261 e. The molecule has 0 saturated heterocycles. The predicted molar refractivity (Wildman–Crippen MR) is 112 cm³/mol. The molecule has 0 saturated carbocycles. The minimum Gasteiger partial charge on any atom is -0.319 e. The van der Waals surface area contributed by atoms with Crippen molar-refractivity contribution in [3.63, 3.8) is 0 Å². The highest BCUT2D eigenvalue weighted by Gasteiger charge is 2.21. The summed E-state index contributed by atoms with van der Waals surface area (Å²) in [5.41, 5.74) is 0.0849. The van der Waals surface area contributed by atoms with E-state index in [1.807, 2.05) is 0 Å². The lowest BCUT2D eigenvalue weighted by Crippen LogP contribution is -2.26. The lowest BCUT2D eigenvalue weighted by Gasteiger charge is -2.12. The lowest BCUT2D eigenvalue weighted by molar-refractivity contribution is -0.118. The van der Waals surface area contributed by atoms with Gasteiger partial charge in [0.05, 0.1) is 11.4 Å². The molecule has 2 N–H and O–H groups in total. The summed E-state index contributed by atoms with van der Waals surface area (Å²) in [5.74, 6) is -2.95. The van der Waals surface area contributed by atoms with Crippen molar-refractivity contribution in [3.8, 4) is 0 Å². The molecule has 0 unspecified atom stereocenters. The van der Waals surface area contributed by atoms with E-state index in [0.29, 0.717) is 10.0 Å². The van der Waals surface area contributed by atoms with Crippen LogP contribution in [0.2, 0.25) is 0 Å². The van der Waals surface area contributed by atoms with Crippen molar-refractivity contribution < 1.29 is 18.4 Å². The van der Waals surface area contributed by atoms with Gasteiger partial charge in [0.1, 0.15) is 17.2 Å². The molecule has 0 aliphatic heterocycles. The molecule has 0 atom stereocenters. The largest absolute Gasteiger partial charge is 0.319 e. The molecule has 0 spiro atoms. The van der Waals surface area contributed by atoms with E-state index in [9.17, 15) is 18.4 Å². The Hall–Kier alpha value is -3.32. The highest BCUT2D eigenvalue weighted by Crippen LogP contribution is 2.22. The third-order valence-corrected chi connectivity index (χ3v) is 4.66. The summed E-state index contributed by atoms with van der Waals surface area (Å²) in [6.07, 6.45) is 1.34. The average molecular weight is 457 g/mol. The van der Waals surface area contributed by atoms with Crippen LogP contribution in [-0.4, -0.2) is 11.8 Å². The Bertz CT molecular complexity index is 1040. The van der Waals surface area contributed by atoms with Gasteiger partial charge >= 0.3 is 0 Å². The molecular formula is C22H15BrF2N2O2. The van der Waals surface area contributed by atoms with Crippen molar-refractivity contribution in [1.29, 1.82) is 0 Å². The summed E-state index contributed by atoms with van der Waals surface area (Å²) in [4.78, 5) is 25.6. The molecule has 4 nitrogen and oxygen atoms in total. The Balaban J connectivity index is 1.96. The minimum absolute atomic E-state index is 0.0748. The predicted octanol–water partition coefficient (Wildman–Crippen LogP) is 5.39. The Kier molecular flexibility index (Phi) is 6.51. The number of halogens is 3. The zero-order valence-electron chi connectivity index (χ0n) is 15.0. The summed E-state index contributed by atoms with van der Waals surface area (Å²) in [6.45, 7) is 0. The van der Waals surface area contributed by atoms with Crippen molar-refractivity contribution >= 4 is 45.2 Å². The lowest BCUT2D eigenvalue weighted by atomic mass is 10.1. The molecule has 0 aromatic heterocycles. The molecular weight excluding hydrogens is 442 g/mol. The zero-order chi connectivity index (χ0) is 20.8. The first-order valence-corrected chi connectivity index (χ1v) is 9.33. The number of anilines is 2. The molecule has 0 aliphatic carbocycles. The van der Waals surface area contributed by atoms with Crippen molar-refractivity contribution in [2.75, 3.05) is 10.6 Å². The third-order valence-electron chi connectivity index (χ3n) is 3.94. The van der Waals surface area contributed by atoms with E-state index in [-0.39, 0.29) is 16.9 Å². The Labute approximate surface area is 174 Å². The van der Waals surface area contributed by atoms with Gasteiger partial charge in [-0.25, -0.2) is 8.78 Å². The number of hydrogen-bond acceptors (Lipinski definition) is 2. The topological polar surface area (TPSA) is 58.2 Å². The van der Waals surface area contributed by atoms with E-state index in [1.54, 1.807) is 36.4 Å². The fourth-order valence-corrected chi connectivity index (χ4v) is 2.89. The van der Waals surface area contributed by atoms with Crippen molar-refractivity contribution in [2.45, 2.75) is 0 Å². The highest BCUT2D eigenvalue weighted by atomic mass is 79.9. The van der Waals surface area contributed by atoms with Crippen LogP contribution in [0.5, 0.6) is 0 Å². The van der Waals surface area contributed by atoms with Crippen LogP contribution in [-0.2, 0) is 9.59 Å². The molecule has 3 aromatic rings. The normalized spacial score (nSPS) is 10.2. The first-order chi connectivity index (χ1) is 14.0. The average Bonchev–Trinajstić information content (AvgIpc) is 2.70. The van der Waals surface area contributed by atoms with Gasteiger partial charge in [0.2, 0.25) is 0 Å². The summed E-state index contributed by atoms with van der Waals surface area (Å²) in [6, 6.07) is 18.1. The molecule has 3 rings (SSSR count). The first-order valence-electron chi connectivity index (χ1n) is 8.53. The van der Waals surface area contributed by atoms with Gasteiger partial charge < -0.3 is 10.6 Å². The Morgan fingerprint density at radius 2 is 1.17 bits per heavy atom. The van der Waals surface area contributed by atoms with Gasteiger partial charge in [-0.15, -0.1) is 0 Å². The summed E-state index contributed by atoms with van der Waals surface area (Å²) >= 11 is 3.35. The number of carbonyl (C=O) groups is 2. The van der Waals surface area contributed by atoms with Gasteiger partial charge in [-0.1, -0.05) is 58.4 Å². The van der Waals surface area contributed by atoms with Crippen LogP contribution < -0.4 is 10.6 Å². The molecule has 0 bridgehead atoms. The minimum atomic E-state index is -0.834. The third kappa shape index (κ3) is 5.14. The molecule has 3 aromatic carbocycles. The first kappa shape index (κ1) is 20.4.